The van der Waals surface area contributed by atoms with E-state index in [0.717, 1.165) is 35.7 Å². The maximum atomic E-state index is 5.64. The van der Waals surface area contributed by atoms with Gasteiger partial charge in [-0.3, -0.25) is 0 Å². The molecule has 22 heavy (non-hydrogen) atoms. The minimum atomic E-state index is 0.0349. The maximum Gasteiger partial charge on any atom is 0.192 e. The highest BCUT2D eigenvalue weighted by molar-refractivity contribution is 5.80. The summed E-state index contributed by atoms with van der Waals surface area (Å²) in [4.78, 5) is 4.56. The predicted octanol–water partition coefficient (Wildman–Crippen LogP) is 1.84. The monoisotopic (exact) mass is 304 g/mol. The summed E-state index contributed by atoms with van der Waals surface area (Å²) in [5, 5.41) is 14.7. The van der Waals surface area contributed by atoms with Gasteiger partial charge in [-0.05, 0) is 39.8 Å². The number of hydrogen-bond donors (Lipinski definition) is 2. The van der Waals surface area contributed by atoms with Crippen molar-refractivity contribution in [3.8, 4) is 0 Å². The van der Waals surface area contributed by atoms with Crippen LogP contribution >= 0.6 is 0 Å². The highest BCUT2D eigenvalue weighted by atomic mass is 16.3. The predicted molar refractivity (Wildman–Crippen MR) is 85.6 cm³/mol. The summed E-state index contributed by atoms with van der Waals surface area (Å²) < 4.78 is 7.57. The van der Waals surface area contributed by atoms with Crippen molar-refractivity contribution < 1.29 is 4.42 Å². The molecule has 2 heterocycles. The van der Waals surface area contributed by atoms with Crippen molar-refractivity contribution in [3.05, 3.63) is 35.3 Å². The molecule has 0 saturated heterocycles. The van der Waals surface area contributed by atoms with E-state index in [1.54, 1.807) is 0 Å². The van der Waals surface area contributed by atoms with Crippen LogP contribution in [0.2, 0.25) is 0 Å². The molecule has 1 unspecified atom stereocenters. The lowest BCUT2D eigenvalue weighted by atomic mass is 10.2. The molecule has 0 spiro atoms. The summed E-state index contributed by atoms with van der Waals surface area (Å²) >= 11 is 0. The number of nitrogens with one attached hydrogen (secondary N) is 2. The van der Waals surface area contributed by atoms with E-state index in [1.165, 1.54) is 0 Å². The van der Waals surface area contributed by atoms with Gasteiger partial charge in [-0.15, -0.1) is 10.2 Å². The van der Waals surface area contributed by atoms with Gasteiger partial charge in [0.2, 0.25) is 0 Å². The van der Waals surface area contributed by atoms with Crippen LogP contribution in [0.3, 0.4) is 0 Å². The summed E-state index contributed by atoms with van der Waals surface area (Å²) in [6.45, 7) is 9.18. The number of furan rings is 1. The Morgan fingerprint density at radius 1 is 1.36 bits per heavy atom. The molecule has 2 aromatic heterocycles. The topological polar surface area (TPSA) is 80.3 Å². The van der Waals surface area contributed by atoms with Crippen LogP contribution in [-0.4, -0.2) is 27.3 Å². The third kappa shape index (κ3) is 3.87. The number of hydrogen-bond acceptors (Lipinski definition) is 4. The lowest BCUT2D eigenvalue weighted by Crippen LogP contribution is -2.38. The highest BCUT2D eigenvalue weighted by Gasteiger charge is 2.11. The van der Waals surface area contributed by atoms with E-state index in [4.69, 9.17) is 4.42 Å². The van der Waals surface area contributed by atoms with E-state index in [-0.39, 0.29) is 6.04 Å². The number of aromatic nitrogens is 3. The third-order valence-electron chi connectivity index (χ3n) is 3.45. The minimum Gasteiger partial charge on any atom is -0.464 e. The van der Waals surface area contributed by atoms with E-state index in [2.05, 4.69) is 25.8 Å². The zero-order chi connectivity index (χ0) is 16.1. The third-order valence-corrected chi connectivity index (χ3v) is 3.45. The van der Waals surface area contributed by atoms with Crippen molar-refractivity contribution in [2.45, 2.75) is 40.3 Å². The molecule has 120 valence electrons. The Kier molecular flexibility index (Phi) is 5.19. The fourth-order valence-electron chi connectivity index (χ4n) is 2.02. The standard InChI is InChI=1S/C15H24N6O/c1-6-16-15(17-9-14-20-19-12(4)21(14)5)18-11(3)13-8-7-10(2)22-13/h7-8,11H,6,9H2,1-5H3,(H2,16,17,18). The zero-order valence-electron chi connectivity index (χ0n) is 13.8. The van der Waals surface area contributed by atoms with Crippen molar-refractivity contribution in [3.63, 3.8) is 0 Å². The van der Waals surface area contributed by atoms with Crippen molar-refractivity contribution in [1.29, 1.82) is 0 Å². The van der Waals surface area contributed by atoms with Gasteiger partial charge in [-0.1, -0.05) is 0 Å². The molecule has 2 N–H and O–H groups in total. The van der Waals surface area contributed by atoms with Crippen molar-refractivity contribution in [2.24, 2.45) is 12.0 Å². The van der Waals surface area contributed by atoms with Gasteiger partial charge in [0.1, 0.15) is 23.9 Å². The molecule has 7 nitrogen and oxygen atoms in total. The number of aliphatic imine (C=N–C) groups is 1. The Bertz CT molecular complexity index is 642. The molecular formula is C15H24N6O. The largest absolute Gasteiger partial charge is 0.464 e. The zero-order valence-corrected chi connectivity index (χ0v) is 13.8. The van der Waals surface area contributed by atoms with Crippen LogP contribution in [0.25, 0.3) is 0 Å². The maximum absolute atomic E-state index is 5.64. The van der Waals surface area contributed by atoms with Crippen molar-refractivity contribution in [1.82, 2.24) is 25.4 Å². The molecule has 1 atom stereocenters. The van der Waals surface area contributed by atoms with E-state index in [0.29, 0.717) is 6.54 Å². The summed E-state index contributed by atoms with van der Waals surface area (Å²) in [5.41, 5.74) is 0. The Morgan fingerprint density at radius 2 is 2.14 bits per heavy atom. The van der Waals surface area contributed by atoms with E-state index < -0.39 is 0 Å². The van der Waals surface area contributed by atoms with Gasteiger partial charge >= 0.3 is 0 Å². The van der Waals surface area contributed by atoms with Gasteiger partial charge < -0.3 is 19.6 Å². The first-order chi connectivity index (χ1) is 10.5. The molecule has 0 aliphatic heterocycles. The quantitative estimate of drug-likeness (QED) is 0.651. The molecular weight excluding hydrogens is 280 g/mol. The SMILES string of the molecule is CCNC(=NCc1nnc(C)n1C)NC(C)c1ccc(C)o1. The highest BCUT2D eigenvalue weighted by Crippen LogP contribution is 2.15. The molecule has 0 radical (unpaired) electrons. The van der Waals surface area contributed by atoms with Gasteiger partial charge in [0, 0.05) is 13.6 Å². The number of aryl methyl sites for hydroxylation is 2. The Balaban J connectivity index is 2.05. The fraction of sp³-hybridized carbons (Fsp3) is 0.533. The van der Waals surface area contributed by atoms with Crippen molar-refractivity contribution in [2.75, 3.05) is 6.54 Å². The van der Waals surface area contributed by atoms with Gasteiger partial charge in [0.15, 0.2) is 11.8 Å². The average Bonchev–Trinajstić information content (AvgIpc) is 3.05. The minimum absolute atomic E-state index is 0.0349. The van der Waals surface area contributed by atoms with E-state index in [1.807, 2.05) is 51.4 Å². The molecule has 2 rings (SSSR count). The second kappa shape index (κ2) is 7.11. The van der Waals surface area contributed by atoms with Gasteiger partial charge in [0.25, 0.3) is 0 Å². The van der Waals surface area contributed by atoms with E-state index in [9.17, 15) is 0 Å². The van der Waals surface area contributed by atoms with Crippen LogP contribution in [0.1, 0.15) is 43.1 Å². The van der Waals surface area contributed by atoms with Crippen LogP contribution in [0.15, 0.2) is 21.5 Å². The smallest absolute Gasteiger partial charge is 0.192 e. The number of guanidine groups is 1. The first-order valence-electron chi connectivity index (χ1n) is 7.47. The summed E-state index contributed by atoms with van der Waals surface area (Å²) in [5.74, 6) is 4.22. The summed E-state index contributed by atoms with van der Waals surface area (Å²) in [6.07, 6.45) is 0. The van der Waals surface area contributed by atoms with Gasteiger partial charge in [0.05, 0.1) is 6.04 Å². The molecule has 7 heteroatoms. The van der Waals surface area contributed by atoms with Crippen LogP contribution in [0.5, 0.6) is 0 Å². The second-order valence-electron chi connectivity index (χ2n) is 5.23. The van der Waals surface area contributed by atoms with Crippen LogP contribution < -0.4 is 10.6 Å². The lowest BCUT2D eigenvalue weighted by Gasteiger charge is -2.16. The van der Waals surface area contributed by atoms with Crippen molar-refractivity contribution >= 4 is 5.96 Å². The molecule has 2 aromatic rings. The Labute approximate surface area is 130 Å². The molecule has 0 aromatic carbocycles. The summed E-state index contributed by atoms with van der Waals surface area (Å²) in [6, 6.07) is 3.97. The second-order valence-corrected chi connectivity index (χ2v) is 5.23. The fourth-order valence-corrected chi connectivity index (χ4v) is 2.02. The van der Waals surface area contributed by atoms with Gasteiger partial charge in [-0.25, -0.2) is 4.99 Å². The molecule has 0 bridgehead atoms. The molecule has 0 fully saturated rings. The van der Waals surface area contributed by atoms with Gasteiger partial charge in [-0.2, -0.15) is 0 Å². The first-order valence-corrected chi connectivity index (χ1v) is 7.47. The number of rotatable bonds is 5. The first kappa shape index (κ1) is 16.1. The Morgan fingerprint density at radius 3 is 2.68 bits per heavy atom. The van der Waals surface area contributed by atoms with Crippen LogP contribution in [0, 0.1) is 13.8 Å². The molecule has 0 amide bonds. The lowest BCUT2D eigenvalue weighted by molar-refractivity contribution is 0.441. The average molecular weight is 304 g/mol. The molecule has 0 aliphatic carbocycles. The normalized spacial score (nSPS) is 13.2. The van der Waals surface area contributed by atoms with E-state index >= 15 is 0 Å². The van der Waals surface area contributed by atoms with Crippen LogP contribution in [-0.2, 0) is 13.6 Å². The summed E-state index contributed by atoms with van der Waals surface area (Å²) in [7, 11) is 1.94. The Hall–Kier alpha value is -2.31. The number of nitrogens with zero attached hydrogens (tertiary/aromatic N) is 4. The molecule has 0 saturated carbocycles. The van der Waals surface area contributed by atoms with Crippen LogP contribution in [0.4, 0.5) is 0 Å². The molecule has 0 aliphatic rings.